The molecule has 0 saturated carbocycles. The van der Waals surface area contributed by atoms with Crippen molar-refractivity contribution < 1.29 is 17.6 Å². The van der Waals surface area contributed by atoms with Crippen LogP contribution in [0.15, 0.2) is 93.3 Å². The molecule has 1 aromatic heterocycles. The Labute approximate surface area is 189 Å². The number of aryl methyl sites for hydroxylation is 1. The van der Waals surface area contributed by atoms with Crippen LogP contribution in [0.4, 0.5) is 5.69 Å². The van der Waals surface area contributed by atoms with Crippen LogP contribution in [0, 0.1) is 6.92 Å². The smallest absolute Gasteiger partial charge is 0.276 e. The van der Waals surface area contributed by atoms with E-state index < -0.39 is 15.9 Å². The number of hydrogen-bond acceptors (Lipinski definition) is 5. The number of anilines is 1. The van der Waals surface area contributed by atoms with Crippen molar-refractivity contribution in [2.45, 2.75) is 11.8 Å². The van der Waals surface area contributed by atoms with Gasteiger partial charge in [0.2, 0.25) is 5.55 Å². The Balaban J connectivity index is 1.75. The molecule has 0 fully saturated rings. The van der Waals surface area contributed by atoms with Gasteiger partial charge in [0, 0.05) is 16.1 Å². The molecule has 4 rings (SSSR count). The molecule has 0 radical (unpaired) electrons. The predicted molar refractivity (Wildman–Crippen MR) is 123 cm³/mol. The van der Waals surface area contributed by atoms with Crippen LogP contribution in [0.5, 0.6) is 0 Å². The van der Waals surface area contributed by atoms with E-state index in [0.717, 1.165) is 5.56 Å². The number of benzene rings is 3. The van der Waals surface area contributed by atoms with Crippen LogP contribution in [0.25, 0.3) is 11.0 Å². The second-order valence-electron chi connectivity index (χ2n) is 6.99. The van der Waals surface area contributed by atoms with E-state index >= 15 is 0 Å². The largest absolute Gasteiger partial charge is 0.436 e. The highest BCUT2D eigenvalue weighted by Gasteiger charge is 2.16. The molecule has 2 N–H and O–H groups in total. The number of amides is 1. The zero-order valence-electron chi connectivity index (χ0n) is 16.9. The number of rotatable bonds is 5. The van der Waals surface area contributed by atoms with Crippen LogP contribution in [0.2, 0.25) is 5.02 Å². The number of carbonyl (C=O) groups is 1. The van der Waals surface area contributed by atoms with Gasteiger partial charge in [-0.05, 0) is 61.0 Å². The lowest BCUT2D eigenvalue weighted by Crippen LogP contribution is -2.27. The van der Waals surface area contributed by atoms with Crippen molar-refractivity contribution in [1.29, 1.82) is 0 Å². The molecule has 32 heavy (non-hydrogen) atoms. The summed E-state index contributed by atoms with van der Waals surface area (Å²) in [7, 11) is -4.00. The lowest BCUT2D eigenvalue weighted by molar-refractivity contribution is 0.102. The molecular weight excluding hydrogens is 450 g/mol. The average Bonchev–Trinajstić information content (AvgIpc) is 2.77. The van der Waals surface area contributed by atoms with Gasteiger partial charge in [-0.2, -0.15) is 13.2 Å². The third-order valence-electron chi connectivity index (χ3n) is 4.57. The molecule has 1 heterocycles. The van der Waals surface area contributed by atoms with Gasteiger partial charge in [0.05, 0.1) is 4.90 Å². The van der Waals surface area contributed by atoms with E-state index in [1.165, 1.54) is 24.3 Å². The summed E-state index contributed by atoms with van der Waals surface area (Å²) >= 11 is 5.82. The summed E-state index contributed by atoms with van der Waals surface area (Å²) in [5.41, 5.74) is 1.92. The highest BCUT2D eigenvalue weighted by molar-refractivity contribution is 7.89. The van der Waals surface area contributed by atoms with E-state index in [0.29, 0.717) is 21.7 Å². The third kappa shape index (κ3) is 4.82. The molecule has 162 valence electrons. The number of fused-ring (bicyclic) bond motifs is 1. The Bertz CT molecular complexity index is 1480. The van der Waals surface area contributed by atoms with Crippen molar-refractivity contribution in [1.82, 2.24) is 4.83 Å². The van der Waals surface area contributed by atoms with Gasteiger partial charge in [0.1, 0.15) is 11.1 Å². The highest BCUT2D eigenvalue weighted by atomic mass is 35.5. The summed E-state index contributed by atoms with van der Waals surface area (Å²) in [4.78, 5) is 15.1. The van der Waals surface area contributed by atoms with Crippen LogP contribution in [0.3, 0.4) is 0 Å². The zero-order chi connectivity index (χ0) is 22.7. The summed E-state index contributed by atoms with van der Waals surface area (Å²) in [6, 6.07) is 21.6. The number of carbonyl (C=O) groups excluding carboxylic acids is 1. The van der Waals surface area contributed by atoms with E-state index in [1.54, 1.807) is 36.4 Å². The molecule has 7 nitrogen and oxygen atoms in total. The fraction of sp³-hybridized carbons (Fsp3) is 0.0435. The van der Waals surface area contributed by atoms with E-state index in [-0.39, 0.29) is 16.0 Å². The SMILES string of the molecule is Cc1cccc(NC(=O)c2cc3ccccc3oc2=NNS(=O)(=O)c2ccc(Cl)cc2)c1. The molecule has 1 amide bonds. The van der Waals surface area contributed by atoms with Gasteiger partial charge in [0.15, 0.2) is 0 Å². The first-order valence-electron chi connectivity index (χ1n) is 9.54. The van der Waals surface area contributed by atoms with Crippen molar-refractivity contribution in [3.63, 3.8) is 0 Å². The van der Waals surface area contributed by atoms with Gasteiger partial charge in [0.25, 0.3) is 15.9 Å². The van der Waals surface area contributed by atoms with Gasteiger partial charge in [-0.25, -0.2) is 0 Å². The summed E-state index contributed by atoms with van der Waals surface area (Å²) in [6.45, 7) is 1.91. The first-order chi connectivity index (χ1) is 15.3. The first-order valence-corrected chi connectivity index (χ1v) is 11.4. The molecular formula is C23H18ClN3O4S. The van der Waals surface area contributed by atoms with Gasteiger partial charge in [-0.3, -0.25) is 4.79 Å². The molecule has 0 saturated heterocycles. The second kappa shape index (κ2) is 8.86. The molecule has 4 aromatic rings. The monoisotopic (exact) mass is 467 g/mol. The van der Waals surface area contributed by atoms with Crippen LogP contribution < -0.4 is 15.7 Å². The molecule has 0 atom stereocenters. The minimum atomic E-state index is -4.00. The van der Waals surface area contributed by atoms with Gasteiger partial charge in [-0.1, -0.05) is 41.9 Å². The van der Waals surface area contributed by atoms with Crippen molar-refractivity contribution >= 4 is 44.2 Å². The Morgan fingerprint density at radius 1 is 0.969 bits per heavy atom. The molecule has 3 aromatic carbocycles. The fourth-order valence-corrected chi connectivity index (χ4v) is 3.93. The molecule has 0 aliphatic carbocycles. The Kier molecular flexibility index (Phi) is 5.98. The molecule has 9 heteroatoms. The lowest BCUT2D eigenvalue weighted by Gasteiger charge is -2.08. The normalized spacial score (nSPS) is 12.0. The van der Waals surface area contributed by atoms with Crippen LogP contribution >= 0.6 is 11.6 Å². The highest BCUT2D eigenvalue weighted by Crippen LogP contribution is 2.16. The maximum absolute atomic E-state index is 13.0. The minimum absolute atomic E-state index is 0.0304. The Hall–Kier alpha value is -3.62. The summed E-state index contributed by atoms with van der Waals surface area (Å²) in [5, 5.41) is 7.77. The van der Waals surface area contributed by atoms with Crippen LogP contribution in [-0.4, -0.2) is 14.3 Å². The van der Waals surface area contributed by atoms with Crippen molar-refractivity contribution in [3.8, 4) is 0 Å². The summed E-state index contributed by atoms with van der Waals surface area (Å²) in [6.07, 6.45) is 0. The fourth-order valence-electron chi connectivity index (χ4n) is 3.00. The summed E-state index contributed by atoms with van der Waals surface area (Å²) < 4.78 is 31.0. The van der Waals surface area contributed by atoms with Crippen molar-refractivity contribution in [2.75, 3.05) is 5.32 Å². The van der Waals surface area contributed by atoms with Gasteiger partial charge in [-0.15, -0.1) is 5.10 Å². The number of halogens is 1. The van der Waals surface area contributed by atoms with E-state index in [4.69, 9.17) is 16.0 Å². The quantitative estimate of drug-likeness (QED) is 0.423. The average molecular weight is 468 g/mol. The second-order valence-corrected chi connectivity index (χ2v) is 9.08. The van der Waals surface area contributed by atoms with E-state index in [2.05, 4.69) is 15.2 Å². The van der Waals surface area contributed by atoms with Crippen LogP contribution in [-0.2, 0) is 10.0 Å². The lowest BCUT2D eigenvalue weighted by atomic mass is 10.1. The topological polar surface area (TPSA) is 101 Å². The Morgan fingerprint density at radius 2 is 1.72 bits per heavy atom. The maximum Gasteiger partial charge on any atom is 0.276 e. The zero-order valence-corrected chi connectivity index (χ0v) is 18.4. The number of hydrogen-bond donors (Lipinski definition) is 2. The molecule has 0 bridgehead atoms. The van der Waals surface area contributed by atoms with Crippen molar-refractivity contribution in [3.05, 3.63) is 101 Å². The molecule has 0 spiro atoms. The van der Waals surface area contributed by atoms with Gasteiger partial charge < -0.3 is 9.73 Å². The first kappa shape index (κ1) is 21.6. The third-order valence-corrected chi connectivity index (χ3v) is 6.04. The number of nitrogens with one attached hydrogen (secondary N) is 2. The molecule has 0 aliphatic heterocycles. The van der Waals surface area contributed by atoms with Gasteiger partial charge >= 0.3 is 0 Å². The van der Waals surface area contributed by atoms with Crippen LogP contribution in [0.1, 0.15) is 15.9 Å². The van der Waals surface area contributed by atoms with E-state index in [9.17, 15) is 13.2 Å². The standard InChI is InChI=1S/C23H18ClN3O4S/c1-15-5-4-7-18(13-15)25-22(28)20-14-16-6-2-3-8-21(16)31-23(20)26-27-32(29,30)19-11-9-17(24)10-12-19/h2-14,27H,1H3,(H,25,28). The van der Waals surface area contributed by atoms with E-state index in [1.807, 2.05) is 25.1 Å². The minimum Gasteiger partial charge on any atom is -0.436 e. The van der Waals surface area contributed by atoms with Crippen molar-refractivity contribution in [2.24, 2.45) is 5.10 Å². The predicted octanol–water partition coefficient (Wildman–Crippen LogP) is 4.44. The Morgan fingerprint density at radius 3 is 2.47 bits per heavy atom. The number of nitrogens with zero attached hydrogens (tertiary/aromatic N) is 1. The molecule has 0 unspecified atom stereocenters. The molecule has 0 aliphatic rings. The number of para-hydroxylation sites is 1. The summed E-state index contributed by atoms with van der Waals surface area (Å²) in [5.74, 6) is -0.491. The number of sulfonamides is 1. The maximum atomic E-state index is 13.0.